The monoisotopic (exact) mass is 536 g/mol. The van der Waals surface area contributed by atoms with Crippen LogP contribution in [0.3, 0.4) is 0 Å². The number of pyridine rings is 1. The molecule has 37 heavy (non-hydrogen) atoms. The predicted octanol–water partition coefficient (Wildman–Crippen LogP) is 5.17. The molecule has 0 bridgehead atoms. The molecule has 9 heteroatoms. The zero-order valence-electron chi connectivity index (χ0n) is 24.2. The largest absolute Gasteiger partial charge is 0.490 e. The van der Waals surface area contributed by atoms with E-state index in [1.54, 1.807) is 25.3 Å². The number of carbonyl (C=O) groups excluding carboxylic acids is 1. The summed E-state index contributed by atoms with van der Waals surface area (Å²) in [5, 5.41) is 0.110. The summed E-state index contributed by atoms with van der Waals surface area (Å²) in [6.45, 7) is 14.2. The molecule has 2 aliphatic rings. The Balaban J connectivity index is 1.77. The molecule has 0 radical (unpaired) electrons. The van der Waals surface area contributed by atoms with Gasteiger partial charge in [0.25, 0.3) is 5.91 Å². The van der Waals surface area contributed by atoms with Gasteiger partial charge in [-0.05, 0) is 62.2 Å². The maximum atomic E-state index is 13.5. The Morgan fingerprint density at radius 2 is 1.84 bits per heavy atom. The average molecular weight is 537 g/mol. The van der Waals surface area contributed by atoms with E-state index in [-0.39, 0.29) is 36.6 Å². The van der Waals surface area contributed by atoms with E-state index in [1.807, 2.05) is 12.1 Å². The van der Waals surface area contributed by atoms with Crippen LogP contribution in [0.5, 0.6) is 5.75 Å². The Morgan fingerprint density at radius 3 is 2.46 bits per heavy atom. The Hall–Kier alpha value is -1.52. The molecule has 1 amide bonds. The van der Waals surface area contributed by atoms with Gasteiger partial charge in [-0.1, -0.05) is 27.7 Å². The molecule has 0 aromatic carbocycles. The summed E-state index contributed by atoms with van der Waals surface area (Å²) < 4.78 is 29.5. The Labute approximate surface area is 224 Å². The first-order valence-corrected chi connectivity index (χ1v) is 16.5. The smallest absolute Gasteiger partial charge is 0.259 e. The number of likely N-dealkylation sites (tertiary alicyclic amines) is 1. The van der Waals surface area contributed by atoms with Crippen LogP contribution in [0.15, 0.2) is 18.3 Å². The van der Waals surface area contributed by atoms with Crippen LogP contribution in [-0.2, 0) is 29.9 Å². The molecule has 0 spiro atoms. The minimum absolute atomic E-state index is 0.0165. The highest BCUT2D eigenvalue weighted by Gasteiger charge is 2.62. The van der Waals surface area contributed by atoms with Crippen LogP contribution < -0.4 is 4.74 Å². The van der Waals surface area contributed by atoms with Crippen LogP contribution in [0.4, 0.5) is 0 Å². The summed E-state index contributed by atoms with van der Waals surface area (Å²) in [6, 6.07) is 3.63. The molecule has 1 aliphatic carbocycles. The van der Waals surface area contributed by atoms with Crippen molar-refractivity contribution in [2.24, 2.45) is 5.92 Å². The molecule has 210 valence electrons. The van der Waals surface area contributed by atoms with Gasteiger partial charge in [-0.15, -0.1) is 0 Å². The quantitative estimate of drug-likeness (QED) is 0.196. The molecule has 1 aromatic heterocycles. The average Bonchev–Trinajstić information content (AvgIpc) is 2.84. The van der Waals surface area contributed by atoms with E-state index < -0.39 is 13.9 Å². The highest BCUT2D eigenvalue weighted by Crippen LogP contribution is 2.41. The first-order valence-electron chi connectivity index (χ1n) is 13.6. The number of aromatic nitrogens is 1. The Morgan fingerprint density at radius 1 is 1.14 bits per heavy atom. The van der Waals surface area contributed by atoms with Gasteiger partial charge in [-0.25, -0.2) is 0 Å². The minimum Gasteiger partial charge on any atom is -0.490 e. The maximum absolute atomic E-state index is 13.5. The molecule has 2 fully saturated rings. The highest BCUT2D eigenvalue weighted by molar-refractivity contribution is 6.74. The third kappa shape index (κ3) is 7.12. The van der Waals surface area contributed by atoms with Crippen molar-refractivity contribution < 1.29 is 28.2 Å². The first kappa shape index (κ1) is 30.0. The number of carbonyl (C=O) groups is 1. The van der Waals surface area contributed by atoms with E-state index in [0.29, 0.717) is 19.4 Å². The molecule has 1 aliphatic heterocycles. The minimum atomic E-state index is -1.93. The SMILES string of the molecule is COCO[C@@]1(Cc2cc(O[C@H]3CC[C@H](C)CC3)ccn2)C(=O)N(COC)[C@H]1CCO[Si](C)(C)C(C)(C)C. The lowest BCUT2D eigenvalue weighted by atomic mass is 9.77. The lowest BCUT2D eigenvalue weighted by Gasteiger charge is -2.55. The number of hydrogen-bond acceptors (Lipinski definition) is 7. The lowest BCUT2D eigenvalue weighted by Crippen LogP contribution is -2.76. The Bertz CT molecular complexity index is 884. The van der Waals surface area contributed by atoms with Gasteiger partial charge in [0.1, 0.15) is 19.3 Å². The fourth-order valence-corrected chi connectivity index (χ4v) is 6.09. The lowest BCUT2D eigenvalue weighted by molar-refractivity contribution is -0.234. The molecule has 8 nitrogen and oxygen atoms in total. The van der Waals surface area contributed by atoms with Crippen molar-refractivity contribution in [1.29, 1.82) is 0 Å². The number of ether oxygens (including phenoxy) is 4. The van der Waals surface area contributed by atoms with Crippen LogP contribution in [0, 0.1) is 5.92 Å². The van der Waals surface area contributed by atoms with Crippen LogP contribution in [0.2, 0.25) is 18.1 Å². The standard InChI is InChI=1S/C28H48N2O6Si/c1-21-9-11-23(12-10-21)36-24-13-15-29-22(17-24)18-28(34-20-33-6)25(30(19-32-5)26(28)31)14-16-35-37(7,8)27(2,3)4/h13,15,17,21,23,25H,9-12,14,16,18-20H2,1-8H3/t21-,23-,25-,28+/m0/s1. The van der Waals surface area contributed by atoms with E-state index in [9.17, 15) is 4.79 Å². The third-order valence-electron chi connectivity index (χ3n) is 8.40. The molecule has 2 atom stereocenters. The third-order valence-corrected chi connectivity index (χ3v) is 12.9. The van der Waals surface area contributed by atoms with Crippen molar-refractivity contribution in [3.63, 3.8) is 0 Å². The van der Waals surface area contributed by atoms with Crippen molar-refractivity contribution in [3.05, 3.63) is 24.0 Å². The molecule has 3 rings (SSSR count). The summed E-state index contributed by atoms with van der Waals surface area (Å²) in [6.07, 6.45) is 7.49. The summed E-state index contributed by atoms with van der Waals surface area (Å²) in [5.41, 5.74) is -0.324. The second kappa shape index (κ2) is 12.6. The fourth-order valence-electron chi connectivity index (χ4n) is 5.03. The second-order valence-electron chi connectivity index (χ2n) is 12.2. The van der Waals surface area contributed by atoms with Crippen molar-refractivity contribution >= 4 is 14.2 Å². The molecule has 1 saturated heterocycles. The van der Waals surface area contributed by atoms with E-state index in [1.165, 1.54) is 12.8 Å². The number of nitrogens with zero attached hydrogens (tertiary/aromatic N) is 2. The Kier molecular flexibility index (Phi) is 10.2. The predicted molar refractivity (Wildman–Crippen MR) is 146 cm³/mol. The normalized spacial score (nSPS) is 26.8. The zero-order chi connectivity index (χ0) is 27.3. The molecule has 1 saturated carbocycles. The van der Waals surface area contributed by atoms with Crippen molar-refractivity contribution in [2.45, 2.75) is 102 Å². The van der Waals surface area contributed by atoms with Crippen molar-refractivity contribution in [3.8, 4) is 5.75 Å². The highest BCUT2D eigenvalue weighted by atomic mass is 28.4. The van der Waals surface area contributed by atoms with E-state index >= 15 is 0 Å². The van der Waals surface area contributed by atoms with E-state index in [2.05, 4.69) is 45.8 Å². The van der Waals surface area contributed by atoms with E-state index in [4.69, 9.17) is 23.4 Å². The van der Waals surface area contributed by atoms with E-state index in [0.717, 1.165) is 30.2 Å². The van der Waals surface area contributed by atoms with Gasteiger partial charge in [0.05, 0.1) is 12.1 Å². The number of methoxy groups -OCH3 is 2. The van der Waals surface area contributed by atoms with Crippen molar-refractivity contribution in [2.75, 3.05) is 34.4 Å². The van der Waals surface area contributed by atoms with Crippen LogP contribution in [-0.4, -0.2) is 76.2 Å². The topological polar surface area (TPSA) is 79.4 Å². The van der Waals surface area contributed by atoms with Crippen LogP contribution in [0.1, 0.15) is 65.5 Å². The summed E-state index contributed by atoms with van der Waals surface area (Å²) in [7, 11) is 1.24. The van der Waals surface area contributed by atoms with Gasteiger partial charge in [0.15, 0.2) is 13.9 Å². The summed E-state index contributed by atoms with van der Waals surface area (Å²) in [5.74, 6) is 1.45. The first-order chi connectivity index (χ1) is 17.4. The molecule has 0 unspecified atom stereocenters. The number of hydrogen-bond donors (Lipinski definition) is 0. The number of amides is 1. The maximum Gasteiger partial charge on any atom is 0.259 e. The van der Waals surface area contributed by atoms with Gasteiger partial charge >= 0.3 is 0 Å². The molecular weight excluding hydrogens is 488 g/mol. The number of β-lactam (4-membered cyclic amide) rings is 1. The summed E-state index contributed by atoms with van der Waals surface area (Å²) in [4.78, 5) is 19.8. The zero-order valence-corrected chi connectivity index (χ0v) is 25.2. The van der Waals surface area contributed by atoms with Gasteiger partial charge in [0, 0.05) is 45.2 Å². The summed E-state index contributed by atoms with van der Waals surface area (Å²) >= 11 is 0. The van der Waals surface area contributed by atoms with Gasteiger partial charge in [-0.2, -0.15) is 0 Å². The molecule has 0 N–H and O–H groups in total. The molecule has 1 aromatic rings. The number of rotatable bonds is 13. The van der Waals surface area contributed by atoms with Gasteiger partial charge in [-0.3, -0.25) is 9.78 Å². The van der Waals surface area contributed by atoms with Crippen LogP contribution in [0.25, 0.3) is 0 Å². The fraction of sp³-hybridized carbons (Fsp3) is 0.786. The van der Waals surface area contributed by atoms with Crippen molar-refractivity contribution in [1.82, 2.24) is 9.88 Å². The van der Waals surface area contributed by atoms with Gasteiger partial charge in [0.2, 0.25) is 0 Å². The molecular formula is C28H48N2O6Si. The molecule has 2 heterocycles. The van der Waals surface area contributed by atoms with Gasteiger partial charge < -0.3 is 28.3 Å². The second-order valence-corrected chi connectivity index (χ2v) is 17.0. The van der Waals surface area contributed by atoms with Crippen LogP contribution >= 0.6 is 0 Å².